The van der Waals surface area contributed by atoms with Gasteiger partial charge in [0.15, 0.2) is 0 Å². The average Bonchev–Trinajstić information content (AvgIpc) is 2.78. The maximum absolute atomic E-state index is 11.6. The summed E-state index contributed by atoms with van der Waals surface area (Å²) in [5.74, 6) is 0. The Morgan fingerprint density at radius 3 is 2.74 bits per heavy atom. The van der Waals surface area contributed by atoms with Gasteiger partial charge in [0.05, 0.1) is 5.01 Å². The van der Waals surface area contributed by atoms with E-state index in [1.54, 1.807) is 35.6 Å². The lowest BCUT2D eigenvalue weighted by Crippen LogP contribution is -2.30. The second-order valence-corrected chi connectivity index (χ2v) is 5.76. The molecule has 100 valence electrons. The van der Waals surface area contributed by atoms with Crippen LogP contribution in [0.15, 0.2) is 30.5 Å². The number of anilines is 1. The molecule has 0 saturated heterocycles. The van der Waals surface area contributed by atoms with Crippen LogP contribution in [0.25, 0.3) is 0 Å². The largest absolute Gasteiger partial charge is 0.337 e. The number of amides is 2. The summed E-state index contributed by atoms with van der Waals surface area (Å²) in [5, 5.41) is 7.20. The Kier molecular flexibility index (Phi) is 4.76. The molecule has 19 heavy (non-hydrogen) atoms. The molecule has 2 N–H and O–H groups in total. The quantitative estimate of drug-likeness (QED) is 0.907. The highest BCUT2D eigenvalue weighted by Crippen LogP contribution is 2.13. The Bertz CT molecular complexity index is 553. The lowest BCUT2D eigenvalue weighted by Gasteiger charge is -2.06. The van der Waals surface area contributed by atoms with Crippen molar-refractivity contribution in [2.75, 3.05) is 11.9 Å². The number of urea groups is 1. The summed E-state index contributed by atoms with van der Waals surface area (Å²) in [6.07, 6.45) is 2.58. The monoisotopic (exact) mass is 295 g/mol. The molecule has 0 spiro atoms. The van der Waals surface area contributed by atoms with Gasteiger partial charge in [-0.25, -0.2) is 9.78 Å². The first-order valence-electron chi connectivity index (χ1n) is 5.85. The van der Waals surface area contributed by atoms with Crippen LogP contribution in [0.5, 0.6) is 0 Å². The molecular weight excluding hydrogens is 282 g/mol. The van der Waals surface area contributed by atoms with E-state index in [1.807, 2.05) is 13.1 Å². The molecule has 0 aliphatic rings. The van der Waals surface area contributed by atoms with Crippen molar-refractivity contribution in [1.29, 1.82) is 0 Å². The Hall–Kier alpha value is -1.59. The minimum atomic E-state index is -0.226. The molecule has 0 bridgehead atoms. The lowest BCUT2D eigenvalue weighted by atomic mass is 10.3. The fraction of sp³-hybridized carbons (Fsp3) is 0.231. The molecule has 6 heteroatoms. The lowest BCUT2D eigenvalue weighted by molar-refractivity contribution is 0.252. The van der Waals surface area contributed by atoms with Crippen molar-refractivity contribution in [3.05, 3.63) is 45.4 Å². The predicted octanol–water partition coefficient (Wildman–Crippen LogP) is 3.47. The van der Waals surface area contributed by atoms with Crippen molar-refractivity contribution in [3.63, 3.8) is 0 Å². The number of aryl methyl sites for hydroxylation is 1. The molecule has 2 amide bonds. The number of benzene rings is 1. The first kappa shape index (κ1) is 13.8. The molecule has 0 atom stereocenters. The smallest absolute Gasteiger partial charge is 0.319 e. The van der Waals surface area contributed by atoms with Crippen molar-refractivity contribution in [1.82, 2.24) is 10.3 Å². The van der Waals surface area contributed by atoms with E-state index < -0.39 is 0 Å². The standard InChI is InChI=1S/C13H14ClN3OS/c1-9-8-16-12(19-9)6-7-15-13(18)17-11-4-2-10(14)3-5-11/h2-5,8H,6-7H2,1H3,(H2,15,17,18). The Morgan fingerprint density at radius 1 is 1.37 bits per heavy atom. The summed E-state index contributed by atoms with van der Waals surface area (Å²) >= 11 is 7.42. The molecule has 1 heterocycles. The topological polar surface area (TPSA) is 54.0 Å². The zero-order valence-electron chi connectivity index (χ0n) is 10.4. The summed E-state index contributed by atoms with van der Waals surface area (Å²) in [6, 6.07) is 6.75. The van der Waals surface area contributed by atoms with E-state index >= 15 is 0 Å². The molecule has 0 aliphatic carbocycles. The Balaban J connectivity index is 1.74. The molecule has 2 rings (SSSR count). The van der Waals surface area contributed by atoms with Gasteiger partial charge in [0, 0.05) is 34.7 Å². The van der Waals surface area contributed by atoms with Gasteiger partial charge >= 0.3 is 6.03 Å². The molecule has 4 nitrogen and oxygen atoms in total. The summed E-state index contributed by atoms with van der Waals surface area (Å²) < 4.78 is 0. The zero-order chi connectivity index (χ0) is 13.7. The van der Waals surface area contributed by atoms with E-state index in [0.717, 1.165) is 11.4 Å². The zero-order valence-corrected chi connectivity index (χ0v) is 12.0. The summed E-state index contributed by atoms with van der Waals surface area (Å²) in [4.78, 5) is 17.0. The van der Waals surface area contributed by atoms with Crippen molar-refractivity contribution < 1.29 is 4.79 Å². The van der Waals surface area contributed by atoms with Gasteiger partial charge in [-0.1, -0.05) is 11.6 Å². The van der Waals surface area contributed by atoms with Gasteiger partial charge in [0.2, 0.25) is 0 Å². The minimum absolute atomic E-state index is 0.226. The number of halogens is 1. The maximum atomic E-state index is 11.6. The van der Waals surface area contributed by atoms with E-state index in [2.05, 4.69) is 15.6 Å². The Labute approximate surface area is 120 Å². The van der Waals surface area contributed by atoms with E-state index in [4.69, 9.17) is 11.6 Å². The third kappa shape index (κ3) is 4.54. The SMILES string of the molecule is Cc1cnc(CCNC(=O)Nc2ccc(Cl)cc2)s1. The van der Waals surface area contributed by atoms with Crippen LogP contribution in [0.3, 0.4) is 0 Å². The molecule has 0 fully saturated rings. The third-order valence-corrected chi connectivity index (χ3v) is 3.62. The number of carbonyl (C=O) groups is 1. The molecule has 2 aromatic rings. The highest BCUT2D eigenvalue weighted by molar-refractivity contribution is 7.11. The van der Waals surface area contributed by atoms with E-state index in [0.29, 0.717) is 17.3 Å². The van der Waals surface area contributed by atoms with Crippen LogP contribution in [-0.4, -0.2) is 17.6 Å². The molecule has 0 saturated carbocycles. The van der Waals surface area contributed by atoms with Gasteiger partial charge < -0.3 is 10.6 Å². The van der Waals surface area contributed by atoms with Gasteiger partial charge in [-0.15, -0.1) is 11.3 Å². The molecule has 0 aliphatic heterocycles. The second-order valence-electron chi connectivity index (χ2n) is 4.00. The number of nitrogens with one attached hydrogen (secondary N) is 2. The van der Waals surface area contributed by atoms with Crippen molar-refractivity contribution in [2.45, 2.75) is 13.3 Å². The Morgan fingerprint density at radius 2 is 2.11 bits per heavy atom. The van der Waals surface area contributed by atoms with Crippen LogP contribution in [-0.2, 0) is 6.42 Å². The predicted molar refractivity (Wildman–Crippen MR) is 79.0 cm³/mol. The normalized spacial score (nSPS) is 10.2. The summed E-state index contributed by atoms with van der Waals surface area (Å²) in [5.41, 5.74) is 0.715. The average molecular weight is 296 g/mol. The van der Waals surface area contributed by atoms with Crippen molar-refractivity contribution >= 4 is 34.7 Å². The number of thiazole rings is 1. The van der Waals surface area contributed by atoms with E-state index in [-0.39, 0.29) is 6.03 Å². The highest BCUT2D eigenvalue weighted by atomic mass is 35.5. The fourth-order valence-corrected chi connectivity index (χ4v) is 2.42. The van der Waals surface area contributed by atoms with Crippen LogP contribution < -0.4 is 10.6 Å². The number of hydrogen-bond acceptors (Lipinski definition) is 3. The van der Waals surface area contributed by atoms with Crippen molar-refractivity contribution in [2.24, 2.45) is 0 Å². The molecular formula is C13H14ClN3OS. The second kappa shape index (κ2) is 6.54. The van der Waals surface area contributed by atoms with E-state index in [9.17, 15) is 4.79 Å². The van der Waals surface area contributed by atoms with Gasteiger partial charge in [-0.2, -0.15) is 0 Å². The van der Waals surface area contributed by atoms with E-state index in [1.165, 1.54) is 4.88 Å². The first-order valence-corrected chi connectivity index (χ1v) is 7.04. The third-order valence-electron chi connectivity index (χ3n) is 2.40. The fourth-order valence-electron chi connectivity index (χ4n) is 1.51. The summed E-state index contributed by atoms with van der Waals surface area (Å²) in [7, 11) is 0. The number of rotatable bonds is 4. The van der Waals surface area contributed by atoms with Crippen LogP contribution >= 0.6 is 22.9 Å². The molecule has 0 radical (unpaired) electrons. The molecule has 1 aromatic heterocycles. The number of hydrogen-bond donors (Lipinski definition) is 2. The van der Waals surface area contributed by atoms with Crippen LogP contribution in [0.1, 0.15) is 9.88 Å². The van der Waals surface area contributed by atoms with Crippen molar-refractivity contribution in [3.8, 4) is 0 Å². The summed E-state index contributed by atoms with van der Waals surface area (Å²) in [6.45, 7) is 2.58. The van der Waals surface area contributed by atoms with Crippen LogP contribution in [0, 0.1) is 6.92 Å². The van der Waals surface area contributed by atoms with Crippen LogP contribution in [0.4, 0.5) is 10.5 Å². The molecule has 1 aromatic carbocycles. The number of aromatic nitrogens is 1. The highest BCUT2D eigenvalue weighted by Gasteiger charge is 2.03. The van der Waals surface area contributed by atoms with Crippen LogP contribution in [0.2, 0.25) is 5.02 Å². The van der Waals surface area contributed by atoms with Gasteiger partial charge in [0.25, 0.3) is 0 Å². The van der Waals surface area contributed by atoms with Gasteiger partial charge in [0.1, 0.15) is 0 Å². The number of carbonyl (C=O) groups excluding carboxylic acids is 1. The first-order chi connectivity index (χ1) is 9.13. The number of nitrogens with zero attached hydrogens (tertiary/aromatic N) is 1. The minimum Gasteiger partial charge on any atom is -0.337 e. The molecule has 0 unspecified atom stereocenters. The maximum Gasteiger partial charge on any atom is 0.319 e. The van der Waals surface area contributed by atoms with Gasteiger partial charge in [-0.05, 0) is 31.2 Å². The van der Waals surface area contributed by atoms with Gasteiger partial charge in [-0.3, -0.25) is 0 Å².